The van der Waals surface area contributed by atoms with Crippen molar-refractivity contribution in [1.29, 1.82) is 0 Å². The molecule has 1 heterocycles. The van der Waals surface area contributed by atoms with E-state index >= 15 is 0 Å². The van der Waals surface area contributed by atoms with Gasteiger partial charge in [-0.2, -0.15) is 0 Å². The number of esters is 1. The third-order valence-electron chi connectivity index (χ3n) is 3.88. The number of carbonyl (C=O) groups excluding carboxylic acids is 2. The van der Waals surface area contributed by atoms with E-state index in [-0.39, 0.29) is 30.8 Å². The fourth-order valence-electron chi connectivity index (χ4n) is 2.79. The molecule has 0 N–H and O–H groups in total. The Morgan fingerprint density at radius 3 is 2.30 bits per heavy atom. The van der Waals surface area contributed by atoms with Gasteiger partial charge in [-0.1, -0.05) is 13.8 Å². The molecule has 1 fully saturated rings. The van der Waals surface area contributed by atoms with E-state index in [2.05, 4.69) is 20.8 Å². The molecule has 4 heteroatoms. The van der Waals surface area contributed by atoms with Gasteiger partial charge in [-0.3, -0.25) is 9.59 Å². The Labute approximate surface area is 122 Å². The molecule has 0 spiro atoms. The van der Waals surface area contributed by atoms with Crippen LogP contribution in [-0.2, 0) is 14.3 Å². The van der Waals surface area contributed by atoms with Crippen LogP contribution >= 0.6 is 0 Å². The lowest BCUT2D eigenvalue weighted by molar-refractivity contribution is -0.156. The predicted molar refractivity (Wildman–Crippen MR) is 79.2 cm³/mol. The smallest absolute Gasteiger partial charge is 0.306 e. The molecule has 0 bridgehead atoms. The topological polar surface area (TPSA) is 46.6 Å². The first-order chi connectivity index (χ1) is 9.10. The van der Waals surface area contributed by atoms with Gasteiger partial charge in [0, 0.05) is 19.0 Å². The summed E-state index contributed by atoms with van der Waals surface area (Å²) in [6, 6.07) is 0.261. The van der Waals surface area contributed by atoms with E-state index in [9.17, 15) is 9.59 Å². The third kappa shape index (κ3) is 5.14. The lowest BCUT2D eigenvalue weighted by Gasteiger charge is -2.41. The quantitative estimate of drug-likeness (QED) is 0.748. The maximum atomic E-state index is 12.3. The molecule has 116 valence electrons. The first-order valence-electron chi connectivity index (χ1n) is 7.61. The number of rotatable bonds is 3. The third-order valence-corrected chi connectivity index (χ3v) is 3.88. The highest BCUT2D eigenvalue weighted by atomic mass is 16.6. The molecule has 1 amide bonds. The molecule has 3 unspecified atom stereocenters. The molecule has 1 aliphatic rings. The summed E-state index contributed by atoms with van der Waals surface area (Å²) in [4.78, 5) is 25.9. The van der Waals surface area contributed by atoms with Gasteiger partial charge in [-0.25, -0.2) is 0 Å². The zero-order valence-corrected chi connectivity index (χ0v) is 13.7. The molecule has 0 aromatic rings. The van der Waals surface area contributed by atoms with Crippen LogP contribution in [0.25, 0.3) is 0 Å². The predicted octanol–water partition coefficient (Wildman–Crippen LogP) is 3.00. The zero-order valence-electron chi connectivity index (χ0n) is 13.7. The van der Waals surface area contributed by atoms with Crippen molar-refractivity contribution in [2.45, 2.75) is 72.4 Å². The highest BCUT2D eigenvalue weighted by Gasteiger charge is 2.31. The Balaban J connectivity index is 2.48. The van der Waals surface area contributed by atoms with Gasteiger partial charge in [0.05, 0.1) is 6.42 Å². The van der Waals surface area contributed by atoms with Crippen LogP contribution in [0.3, 0.4) is 0 Å². The van der Waals surface area contributed by atoms with Crippen molar-refractivity contribution in [3.8, 4) is 0 Å². The molecule has 4 nitrogen and oxygen atoms in total. The lowest BCUT2D eigenvalue weighted by atomic mass is 9.86. The summed E-state index contributed by atoms with van der Waals surface area (Å²) in [5, 5.41) is 0. The van der Waals surface area contributed by atoms with Crippen molar-refractivity contribution < 1.29 is 14.3 Å². The minimum Gasteiger partial charge on any atom is -0.460 e. The highest BCUT2D eigenvalue weighted by Crippen LogP contribution is 2.27. The monoisotopic (exact) mass is 283 g/mol. The summed E-state index contributed by atoms with van der Waals surface area (Å²) in [6.45, 7) is 12.8. The van der Waals surface area contributed by atoms with Crippen molar-refractivity contribution in [1.82, 2.24) is 4.90 Å². The molecular formula is C16H29NO3. The Kier molecular flexibility index (Phi) is 5.60. The molecule has 20 heavy (non-hydrogen) atoms. The normalized spacial score (nSPS) is 27.3. The van der Waals surface area contributed by atoms with Crippen LogP contribution in [0.1, 0.15) is 60.8 Å². The van der Waals surface area contributed by atoms with Gasteiger partial charge in [0.2, 0.25) is 5.91 Å². The number of hydrogen-bond donors (Lipinski definition) is 0. The number of hydrogen-bond acceptors (Lipinski definition) is 3. The molecule has 1 rings (SSSR count). The summed E-state index contributed by atoms with van der Waals surface area (Å²) in [5.74, 6) is 0.828. The minimum atomic E-state index is -0.485. The second kappa shape index (κ2) is 6.59. The van der Waals surface area contributed by atoms with Crippen LogP contribution in [0.5, 0.6) is 0 Å². The second-order valence-electron chi connectivity index (χ2n) is 7.19. The number of nitrogens with zero attached hydrogens (tertiary/aromatic N) is 1. The summed E-state index contributed by atoms with van der Waals surface area (Å²) in [7, 11) is 0. The van der Waals surface area contributed by atoms with Gasteiger partial charge in [0.15, 0.2) is 0 Å². The van der Waals surface area contributed by atoms with Crippen molar-refractivity contribution in [3.05, 3.63) is 0 Å². The minimum absolute atomic E-state index is 0.0711. The largest absolute Gasteiger partial charge is 0.460 e. The van der Waals surface area contributed by atoms with Gasteiger partial charge < -0.3 is 9.64 Å². The molecule has 3 atom stereocenters. The van der Waals surface area contributed by atoms with Crippen molar-refractivity contribution in [2.24, 2.45) is 11.8 Å². The summed E-state index contributed by atoms with van der Waals surface area (Å²) >= 11 is 0. The van der Waals surface area contributed by atoms with Crippen LogP contribution in [-0.4, -0.2) is 35.0 Å². The number of carbonyl (C=O) groups is 2. The Hall–Kier alpha value is -1.06. The molecule has 1 saturated heterocycles. The molecule has 0 saturated carbocycles. The first-order valence-corrected chi connectivity index (χ1v) is 7.61. The fourth-order valence-corrected chi connectivity index (χ4v) is 2.79. The van der Waals surface area contributed by atoms with Crippen LogP contribution in [0.2, 0.25) is 0 Å². The Bertz CT molecular complexity index is 359. The van der Waals surface area contributed by atoms with Gasteiger partial charge in [0.25, 0.3) is 0 Å². The van der Waals surface area contributed by atoms with E-state index in [1.165, 1.54) is 0 Å². The van der Waals surface area contributed by atoms with Crippen LogP contribution in [0.15, 0.2) is 0 Å². The average Bonchev–Trinajstić information content (AvgIpc) is 2.28. The van der Waals surface area contributed by atoms with Gasteiger partial charge in [-0.15, -0.1) is 0 Å². The summed E-state index contributed by atoms with van der Waals surface area (Å²) < 4.78 is 5.23. The Morgan fingerprint density at radius 2 is 1.75 bits per heavy atom. The molecule has 0 radical (unpaired) electrons. The van der Waals surface area contributed by atoms with Gasteiger partial charge in [0.1, 0.15) is 5.60 Å². The van der Waals surface area contributed by atoms with Crippen molar-refractivity contribution in [3.63, 3.8) is 0 Å². The second-order valence-corrected chi connectivity index (χ2v) is 7.19. The van der Waals surface area contributed by atoms with E-state index in [0.29, 0.717) is 11.8 Å². The summed E-state index contributed by atoms with van der Waals surface area (Å²) in [5.41, 5.74) is -0.485. The maximum absolute atomic E-state index is 12.3. The van der Waals surface area contributed by atoms with Crippen molar-refractivity contribution >= 4 is 11.9 Å². The van der Waals surface area contributed by atoms with Gasteiger partial charge >= 0.3 is 5.97 Å². The number of piperidine rings is 1. The first kappa shape index (κ1) is 17.0. The molecule has 0 aromatic heterocycles. The zero-order chi connectivity index (χ0) is 15.5. The van der Waals surface area contributed by atoms with E-state index in [4.69, 9.17) is 4.74 Å². The van der Waals surface area contributed by atoms with Crippen LogP contribution < -0.4 is 0 Å². The van der Waals surface area contributed by atoms with Crippen molar-refractivity contribution in [2.75, 3.05) is 6.54 Å². The number of ether oxygens (including phenoxy) is 1. The van der Waals surface area contributed by atoms with Gasteiger partial charge in [-0.05, 0) is 46.0 Å². The molecule has 0 aliphatic carbocycles. The SMILES string of the molecule is CC1CC(C)C(C)N(C(=O)CCC(=O)OC(C)(C)C)C1. The lowest BCUT2D eigenvalue weighted by Crippen LogP contribution is -2.48. The number of likely N-dealkylation sites (tertiary alicyclic amines) is 1. The standard InChI is InChI=1S/C16H29NO3/c1-11-9-12(2)13(3)17(10-11)14(18)7-8-15(19)20-16(4,5)6/h11-13H,7-10H2,1-6H3. The van der Waals surface area contributed by atoms with E-state index in [1.54, 1.807) is 0 Å². The van der Waals surface area contributed by atoms with E-state index < -0.39 is 5.60 Å². The highest BCUT2D eigenvalue weighted by molar-refractivity contribution is 5.81. The van der Waals surface area contributed by atoms with E-state index in [1.807, 2.05) is 25.7 Å². The van der Waals surface area contributed by atoms with Crippen LogP contribution in [0, 0.1) is 11.8 Å². The number of amides is 1. The summed E-state index contributed by atoms with van der Waals surface area (Å²) in [6.07, 6.45) is 1.58. The fraction of sp³-hybridized carbons (Fsp3) is 0.875. The van der Waals surface area contributed by atoms with E-state index in [0.717, 1.165) is 13.0 Å². The average molecular weight is 283 g/mol. The van der Waals surface area contributed by atoms with Crippen LogP contribution in [0.4, 0.5) is 0 Å². The Morgan fingerprint density at radius 1 is 1.15 bits per heavy atom. The maximum Gasteiger partial charge on any atom is 0.306 e. The molecule has 1 aliphatic heterocycles. The molecular weight excluding hydrogens is 254 g/mol. The molecule has 0 aromatic carbocycles.